The monoisotopic (exact) mass is 329 g/mol. The number of piperidine rings is 1. The summed E-state index contributed by atoms with van der Waals surface area (Å²) < 4.78 is 44.7. The topological polar surface area (TPSA) is 63.7 Å². The van der Waals surface area contributed by atoms with E-state index in [0.29, 0.717) is 25.0 Å². The first-order valence-corrected chi connectivity index (χ1v) is 8.73. The van der Waals surface area contributed by atoms with Crippen LogP contribution in [0, 0.1) is 18.7 Å². The minimum atomic E-state index is -3.65. The highest BCUT2D eigenvalue weighted by molar-refractivity contribution is 7.89. The number of sulfonamides is 1. The number of carbonyl (C=O) groups is 1. The van der Waals surface area contributed by atoms with Crippen LogP contribution in [0.4, 0.5) is 4.39 Å². The van der Waals surface area contributed by atoms with Gasteiger partial charge in [0, 0.05) is 13.1 Å². The number of hydrogen-bond donors (Lipinski definition) is 0. The van der Waals surface area contributed by atoms with Gasteiger partial charge >= 0.3 is 5.97 Å². The molecule has 122 valence electrons. The van der Waals surface area contributed by atoms with Crippen LogP contribution in [0.3, 0.4) is 0 Å². The minimum absolute atomic E-state index is 0.0842. The third-order valence-electron chi connectivity index (χ3n) is 3.84. The molecule has 1 fully saturated rings. The maximum atomic E-state index is 13.3. The van der Waals surface area contributed by atoms with Gasteiger partial charge in [-0.25, -0.2) is 12.8 Å². The van der Waals surface area contributed by atoms with E-state index in [0.717, 1.165) is 6.07 Å². The summed E-state index contributed by atoms with van der Waals surface area (Å²) in [7, 11) is -3.65. The van der Waals surface area contributed by atoms with Gasteiger partial charge in [-0.15, -0.1) is 0 Å². The van der Waals surface area contributed by atoms with E-state index in [-0.39, 0.29) is 29.9 Å². The van der Waals surface area contributed by atoms with Crippen molar-refractivity contribution < 1.29 is 22.3 Å². The number of aryl methyl sites for hydroxylation is 1. The Morgan fingerprint density at radius 1 is 1.36 bits per heavy atom. The van der Waals surface area contributed by atoms with Crippen molar-refractivity contribution in [3.05, 3.63) is 29.6 Å². The first-order chi connectivity index (χ1) is 10.4. The molecule has 0 aromatic heterocycles. The molecule has 0 radical (unpaired) electrons. The van der Waals surface area contributed by atoms with Crippen LogP contribution < -0.4 is 0 Å². The van der Waals surface area contributed by atoms with Gasteiger partial charge in [0.25, 0.3) is 0 Å². The molecule has 1 aromatic carbocycles. The lowest BCUT2D eigenvalue weighted by atomic mass is 9.98. The smallest absolute Gasteiger partial charge is 0.309 e. The average Bonchev–Trinajstić information content (AvgIpc) is 2.50. The summed E-state index contributed by atoms with van der Waals surface area (Å²) in [6.45, 7) is 4.13. The van der Waals surface area contributed by atoms with Crippen molar-refractivity contribution >= 4 is 16.0 Å². The Morgan fingerprint density at radius 2 is 2.00 bits per heavy atom. The van der Waals surface area contributed by atoms with Crippen molar-refractivity contribution in [1.29, 1.82) is 0 Å². The Bertz CT molecular complexity index is 652. The molecule has 22 heavy (non-hydrogen) atoms. The number of carbonyl (C=O) groups excluding carboxylic acids is 1. The molecule has 0 spiro atoms. The number of halogens is 1. The molecule has 1 aliphatic heterocycles. The van der Waals surface area contributed by atoms with Crippen molar-refractivity contribution in [2.45, 2.75) is 31.6 Å². The van der Waals surface area contributed by atoms with Crippen molar-refractivity contribution in [3.63, 3.8) is 0 Å². The maximum Gasteiger partial charge on any atom is 0.309 e. The molecule has 0 unspecified atom stereocenters. The van der Waals surface area contributed by atoms with Gasteiger partial charge in [0.2, 0.25) is 10.0 Å². The van der Waals surface area contributed by atoms with Crippen LogP contribution in [-0.4, -0.2) is 38.4 Å². The quantitative estimate of drug-likeness (QED) is 0.794. The molecule has 0 saturated carbocycles. The Kier molecular flexibility index (Phi) is 5.18. The number of nitrogens with zero attached hydrogens (tertiary/aromatic N) is 1. The van der Waals surface area contributed by atoms with Crippen LogP contribution in [0.2, 0.25) is 0 Å². The summed E-state index contributed by atoms with van der Waals surface area (Å²) in [5.41, 5.74) is 0.294. The van der Waals surface area contributed by atoms with Gasteiger partial charge in [0.15, 0.2) is 0 Å². The van der Waals surface area contributed by atoms with E-state index in [9.17, 15) is 17.6 Å². The predicted molar refractivity (Wildman–Crippen MR) is 79.3 cm³/mol. The van der Waals surface area contributed by atoms with E-state index in [1.165, 1.54) is 23.4 Å². The Hall–Kier alpha value is -1.47. The predicted octanol–water partition coefficient (Wildman–Crippen LogP) is 2.10. The zero-order valence-corrected chi connectivity index (χ0v) is 13.5. The highest BCUT2D eigenvalue weighted by Crippen LogP contribution is 2.25. The Balaban J connectivity index is 2.09. The zero-order chi connectivity index (χ0) is 16.3. The maximum absolute atomic E-state index is 13.3. The lowest BCUT2D eigenvalue weighted by molar-refractivity contribution is -0.149. The van der Waals surface area contributed by atoms with Gasteiger partial charge in [-0.05, 0) is 50.5 Å². The fourth-order valence-corrected chi connectivity index (χ4v) is 4.07. The first kappa shape index (κ1) is 16.9. The van der Waals surface area contributed by atoms with E-state index in [1.54, 1.807) is 6.92 Å². The second kappa shape index (κ2) is 6.75. The largest absolute Gasteiger partial charge is 0.466 e. The third kappa shape index (κ3) is 3.47. The Morgan fingerprint density at radius 3 is 2.55 bits per heavy atom. The zero-order valence-electron chi connectivity index (χ0n) is 12.7. The molecule has 0 aliphatic carbocycles. The van der Waals surface area contributed by atoms with Gasteiger partial charge in [-0.1, -0.05) is 0 Å². The highest BCUT2D eigenvalue weighted by atomic mass is 32.2. The van der Waals surface area contributed by atoms with Crippen molar-refractivity contribution in [2.24, 2.45) is 5.92 Å². The lowest BCUT2D eigenvalue weighted by Crippen LogP contribution is -2.40. The van der Waals surface area contributed by atoms with Gasteiger partial charge in [0.05, 0.1) is 17.4 Å². The lowest BCUT2D eigenvalue weighted by Gasteiger charge is -2.30. The molecule has 2 rings (SSSR count). The van der Waals surface area contributed by atoms with Crippen LogP contribution in [0.5, 0.6) is 0 Å². The van der Waals surface area contributed by atoms with Crippen LogP contribution >= 0.6 is 0 Å². The highest BCUT2D eigenvalue weighted by Gasteiger charge is 2.32. The molecule has 5 nitrogen and oxygen atoms in total. The van der Waals surface area contributed by atoms with Crippen LogP contribution in [0.25, 0.3) is 0 Å². The Labute approximate surface area is 130 Å². The van der Waals surface area contributed by atoms with E-state index in [1.807, 2.05) is 0 Å². The molecular weight excluding hydrogens is 309 g/mol. The molecule has 0 amide bonds. The summed E-state index contributed by atoms with van der Waals surface area (Å²) in [6.07, 6.45) is 0.885. The van der Waals surface area contributed by atoms with Crippen LogP contribution in [0.15, 0.2) is 23.1 Å². The number of rotatable bonds is 4. The normalized spacial score (nSPS) is 17.4. The molecular formula is C15H20FNO4S. The second-order valence-corrected chi connectivity index (χ2v) is 7.28. The number of esters is 1. The van der Waals surface area contributed by atoms with Crippen molar-refractivity contribution in [1.82, 2.24) is 4.31 Å². The number of benzene rings is 1. The second-order valence-electron chi connectivity index (χ2n) is 5.34. The standard InChI is InChI=1S/C15H20FNO4S/c1-3-21-15(18)12-6-8-17(9-7-12)22(19,20)13-4-5-14(16)11(2)10-13/h4-5,10,12H,3,6-9H2,1-2H3. The molecule has 1 aliphatic rings. The first-order valence-electron chi connectivity index (χ1n) is 7.29. The van der Waals surface area contributed by atoms with E-state index in [2.05, 4.69) is 0 Å². The summed E-state index contributed by atoms with van der Waals surface area (Å²) in [6, 6.07) is 3.77. The summed E-state index contributed by atoms with van der Waals surface area (Å²) in [5, 5.41) is 0. The van der Waals surface area contributed by atoms with Gasteiger partial charge in [-0.3, -0.25) is 4.79 Å². The minimum Gasteiger partial charge on any atom is -0.466 e. The molecule has 1 aromatic rings. The van der Waals surface area contributed by atoms with E-state index >= 15 is 0 Å². The number of hydrogen-bond acceptors (Lipinski definition) is 4. The molecule has 0 N–H and O–H groups in total. The molecule has 1 saturated heterocycles. The van der Waals surface area contributed by atoms with Crippen LogP contribution in [-0.2, 0) is 19.6 Å². The molecule has 1 heterocycles. The van der Waals surface area contributed by atoms with Gasteiger partial charge < -0.3 is 4.74 Å². The molecule has 0 bridgehead atoms. The molecule has 7 heteroatoms. The number of ether oxygens (including phenoxy) is 1. The summed E-state index contributed by atoms with van der Waals surface area (Å²) >= 11 is 0. The average molecular weight is 329 g/mol. The van der Waals surface area contributed by atoms with Crippen molar-refractivity contribution in [3.8, 4) is 0 Å². The summed E-state index contributed by atoms with van der Waals surface area (Å²) in [5.74, 6) is -0.946. The molecule has 0 atom stereocenters. The third-order valence-corrected chi connectivity index (χ3v) is 5.74. The van der Waals surface area contributed by atoms with Crippen molar-refractivity contribution in [2.75, 3.05) is 19.7 Å². The SMILES string of the molecule is CCOC(=O)C1CCN(S(=O)(=O)c2ccc(F)c(C)c2)CC1. The van der Waals surface area contributed by atoms with Gasteiger partial charge in [0.1, 0.15) is 5.82 Å². The van der Waals surface area contributed by atoms with E-state index < -0.39 is 15.8 Å². The van der Waals surface area contributed by atoms with E-state index in [4.69, 9.17) is 4.74 Å². The van der Waals surface area contributed by atoms with Crippen LogP contribution in [0.1, 0.15) is 25.3 Å². The fraction of sp³-hybridized carbons (Fsp3) is 0.533. The van der Waals surface area contributed by atoms with Gasteiger partial charge in [-0.2, -0.15) is 4.31 Å². The summed E-state index contributed by atoms with van der Waals surface area (Å²) in [4.78, 5) is 11.8. The fourth-order valence-electron chi connectivity index (χ4n) is 2.52.